The monoisotopic (exact) mass is 463 g/mol. The van der Waals surface area contributed by atoms with E-state index >= 15 is 0 Å². The first-order valence-corrected chi connectivity index (χ1v) is 10.4. The molecule has 2 heterocycles. The van der Waals surface area contributed by atoms with Gasteiger partial charge in [0, 0.05) is 6.07 Å². The predicted molar refractivity (Wildman–Crippen MR) is 118 cm³/mol. The van der Waals surface area contributed by atoms with Gasteiger partial charge in [-0.3, -0.25) is 19.3 Å². The Balaban J connectivity index is 1.49. The van der Waals surface area contributed by atoms with Gasteiger partial charge in [0.2, 0.25) is 0 Å². The van der Waals surface area contributed by atoms with E-state index in [1.807, 2.05) is 0 Å². The van der Waals surface area contributed by atoms with Crippen LogP contribution in [0.2, 0.25) is 0 Å². The number of carbonyl (C=O) groups excluding carboxylic acids is 4. The van der Waals surface area contributed by atoms with Crippen molar-refractivity contribution < 1.29 is 33.2 Å². The molecule has 10 heteroatoms. The minimum Gasteiger partial charge on any atom is -0.496 e. The molecule has 0 unspecified atom stereocenters. The number of methoxy groups -OCH3 is 1. The number of nitrogens with one attached hydrogen (secondary N) is 1. The summed E-state index contributed by atoms with van der Waals surface area (Å²) in [5, 5.41) is 6.16. The number of hydrogen-bond donors (Lipinski definition) is 1. The normalized spacial score (nSPS) is 13.4. The van der Waals surface area contributed by atoms with Crippen LogP contribution in [0.25, 0.3) is 0 Å². The van der Waals surface area contributed by atoms with Gasteiger partial charge in [-0.2, -0.15) is 0 Å². The maximum atomic E-state index is 12.8. The molecular formula is C24H21N3O7. The molecule has 1 aliphatic rings. The summed E-state index contributed by atoms with van der Waals surface area (Å²) < 4.78 is 15.4. The van der Waals surface area contributed by atoms with Crippen LogP contribution in [0.15, 0.2) is 53.1 Å². The van der Waals surface area contributed by atoms with Crippen LogP contribution in [-0.4, -0.2) is 47.0 Å². The fraction of sp³-hybridized carbons (Fsp3) is 0.208. The summed E-state index contributed by atoms with van der Waals surface area (Å²) in [6.07, 6.45) is -1.14. The van der Waals surface area contributed by atoms with Crippen LogP contribution in [0, 0.1) is 6.92 Å². The van der Waals surface area contributed by atoms with Crippen molar-refractivity contribution in [3.05, 3.63) is 76.5 Å². The van der Waals surface area contributed by atoms with Gasteiger partial charge in [0.05, 0.1) is 24.8 Å². The number of hydrogen-bond acceptors (Lipinski definition) is 8. The number of amides is 3. The van der Waals surface area contributed by atoms with Gasteiger partial charge in [-0.05, 0) is 43.7 Å². The second-order valence-corrected chi connectivity index (χ2v) is 7.64. The third kappa shape index (κ3) is 4.38. The van der Waals surface area contributed by atoms with E-state index in [-0.39, 0.29) is 23.7 Å². The van der Waals surface area contributed by atoms with Crippen LogP contribution in [0.5, 0.6) is 5.75 Å². The number of carbonyl (C=O) groups is 4. The molecule has 3 aromatic rings. The number of benzene rings is 2. The number of ether oxygens (including phenoxy) is 2. The van der Waals surface area contributed by atoms with E-state index in [1.165, 1.54) is 32.2 Å². The van der Waals surface area contributed by atoms with E-state index < -0.39 is 29.8 Å². The molecule has 3 amide bonds. The number of aryl methyl sites for hydroxylation is 1. The topological polar surface area (TPSA) is 128 Å². The van der Waals surface area contributed by atoms with Crippen LogP contribution in [0.3, 0.4) is 0 Å². The zero-order chi connectivity index (χ0) is 24.4. The molecule has 1 aliphatic heterocycles. The molecule has 0 bridgehead atoms. The van der Waals surface area contributed by atoms with Crippen molar-refractivity contribution in [1.82, 2.24) is 10.1 Å². The largest absolute Gasteiger partial charge is 0.496 e. The lowest BCUT2D eigenvalue weighted by Gasteiger charge is -2.17. The zero-order valence-corrected chi connectivity index (χ0v) is 18.7. The van der Waals surface area contributed by atoms with Gasteiger partial charge in [0.1, 0.15) is 17.1 Å². The molecular weight excluding hydrogens is 442 g/mol. The van der Waals surface area contributed by atoms with Crippen molar-refractivity contribution in [3.8, 4) is 5.75 Å². The highest BCUT2D eigenvalue weighted by Crippen LogP contribution is 2.27. The summed E-state index contributed by atoms with van der Waals surface area (Å²) >= 11 is 0. The van der Waals surface area contributed by atoms with Crippen LogP contribution < -0.4 is 10.1 Å². The number of aromatic nitrogens is 1. The maximum Gasteiger partial charge on any atom is 0.342 e. The SMILES string of the molecule is COc1ccc(CN2C(=O)c3ccccc3C2=O)cc1C(=O)O[C@H](C)C(=O)Nc1cc(C)on1. The van der Waals surface area contributed by atoms with E-state index in [4.69, 9.17) is 14.0 Å². The molecule has 0 spiro atoms. The van der Waals surface area contributed by atoms with Crippen LogP contribution in [-0.2, 0) is 16.1 Å². The predicted octanol–water partition coefficient (Wildman–Crippen LogP) is 2.97. The van der Waals surface area contributed by atoms with E-state index in [0.29, 0.717) is 22.5 Å². The first kappa shape index (κ1) is 22.7. The minimum absolute atomic E-state index is 0.0435. The number of imide groups is 1. The third-order valence-corrected chi connectivity index (χ3v) is 5.23. The molecule has 0 fully saturated rings. The molecule has 10 nitrogen and oxygen atoms in total. The molecule has 174 valence electrons. The Morgan fingerprint density at radius 1 is 1.09 bits per heavy atom. The van der Waals surface area contributed by atoms with Crippen LogP contribution in [0.1, 0.15) is 49.3 Å². The van der Waals surface area contributed by atoms with Crippen molar-refractivity contribution >= 4 is 29.5 Å². The summed E-state index contributed by atoms with van der Waals surface area (Å²) in [7, 11) is 1.39. The molecule has 1 aromatic heterocycles. The highest BCUT2D eigenvalue weighted by atomic mass is 16.5. The van der Waals surface area contributed by atoms with Crippen molar-refractivity contribution in [3.63, 3.8) is 0 Å². The summed E-state index contributed by atoms with van der Waals surface area (Å²) in [6.45, 7) is 3.04. The fourth-order valence-corrected chi connectivity index (χ4v) is 3.51. The average molecular weight is 463 g/mol. The Morgan fingerprint density at radius 3 is 2.35 bits per heavy atom. The molecule has 2 aromatic carbocycles. The summed E-state index contributed by atoms with van der Waals surface area (Å²) in [6, 6.07) is 12.7. The lowest BCUT2D eigenvalue weighted by molar-refractivity contribution is -0.123. The Kier molecular flexibility index (Phi) is 6.13. The Hall–Kier alpha value is -4.47. The first-order valence-electron chi connectivity index (χ1n) is 10.4. The molecule has 0 saturated carbocycles. The molecule has 0 saturated heterocycles. The summed E-state index contributed by atoms with van der Waals surface area (Å²) in [5.74, 6) is -1.29. The first-order chi connectivity index (χ1) is 16.3. The van der Waals surface area contributed by atoms with Crippen molar-refractivity contribution in [2.24, 2.45) is 0 Å². The third-order valence-electron chi connectivity index (χ3n) is 5.23. The van der Waals surface area contributed by atoms with Gasteiger partial charge in [-0.1, -0.05) is 23.4 Å². The number of fused-ring (bicyclic) bond motifs is 1. The molecule has 34 heavy (non-hydrogen) atoms. The standard InChI is InChI=1S/C24H21N3O7/c1-13-10-20(26-34-13)25-21(28)14(2)33-24(31)18-11-15(8-9-19(18)32-3)12-27-22(29)16-6-4-5-7-17(16)23(27)30/h4-11,14H,12H2,1-3H3,(H,25,26,28)/t14-/m1/s1. The van der Waals surface area contributed by atoms with Crippen LogP contribution >= 0.6 is 0 Å². The van der Waals surface area contributed by atoms with Gasteiger partial charge in [-0.15, -0.1) is 0 Å². The van der Waals surface area contributed by atoms with Crippen molar-refractivity contribution in [2.45, 2.75) is 26.5 Å². The number of anilines is 1. The van der Waals surface area contributed by atoms with Crippen LogP contribution in [0.4, 0.5) is 5.82 Å². The van der Waals surface area contributed by atoms with E-state index in [0.717, 1.165) is 4.90 Å². The van der Waals surface area contributed by atoms with E-state index in [9.17, 15) is 19.2 Å². The zero-order valence-electron chi connectivity index (χ0n) is 18.7. The van der Waals surface area contributed by atoms with E-state index in [1.54, 1.807) is 37.3 Å². The average Bonchev–Trinajstić information content (AvgIpc) is 3.35. The number of rotatable bonds is 7. The fourth-order valence-electron chi connectivity index (χ4n) is 3.51. The molecule has 0 radical (unpaired) electrons. The van der Waals surface area contributed by atoms with Crippen molar-refractivity contribution in [2.75, 3.05) is 12.4 Å². The lowest BCUT2D eigenvalue weighted by atomic mass is 10.1. The Bertz CT molecular complexity index is 1260. The van der Waals surface area contributed by atoms with Gasteiger partial charge in [0.25, 0.3) is 17.7 Å². The van der Waals surface area contributed by atoms with Gasteiger partial charge in [0.15, 0.2) is 11.9 Å². The van der Waals surface area contributed by atoms with Gasteiger partial charge < -0.3 is 19.3 Å². The molecule has 1 atom stereocenters. The molecule has 4 rings (SSSR count). The quantitative estimate of drug-likeness (QED) is 0.418. The summed E-state index contributed by atoms with van der Waals surface area (Å²) in [5.41, 5.74) is 1.23. The van der Waals surface area contributed by atoms with Gasteiger partial charge in [-0.25, -0.2) is 4.79 Å². The second kappa shape index (κ2) is 9.18. The Morgan fingerprint density at radius 2 is 1.76 bits per heavy atom. The van der Waals surface area contributed by atoms with Crippen molar-refractivity contribution in [1.29, 1.82) is 0 Å². The lowest BCUT2D eigenvalue weighted by Crippen LogP contribution is -2.30. The second-order valence-electron chi connectivity index (χ2n) is 7.64. The summed E-state index contributed by atoms with van der Waals surface area (Å²) in [4.78, 5) is 51.6. The highest BCUT2D eigenvalue weighted by molar-refractivity contribution is 6.21. The minimum atomic E-state index is -1.14. The molecule has 0 aliphatic carbocycles. The highest BCUT2D eigenvalue weighted by Gasteiger charge is 2.35. The number of esters is 1. The van der Waals surface area contributed by atoms with E-state index in [2.05, 4.69) is 10.5 Å². The number of nitrogens with zero attached hydrogens (tertiary/aromatic N) is 2. The van der Waals surface area contributed by atoms with Gasteiger partial charge >= 0.3 is 5.97 Å². The molecule has 1 N–H and O–H groups in total. The maximum absolute atomic E-state index is 12.8. The smallest absolute Gasteiger partial charge is 0.342 e. The Labute approximate surface area is 194 Å².